The van der Waals surface area contributed by atoms with Crippen LogP contribution in [-0.4, -0.2) is 21.9 Å². The van der Waals surface area contributed by atoms with Crippen molar-refractivity contribution < 1.29 is 4.79 Å². The van der Waals surface area contributed by atoms with Crippen LogP contribution in [0.1, 0.15) is 44.6 Å². The van der Waals surface area contributed by atoms with Crippen molar-refractivity contribution in [1.82, 2.24) is 9.97 Å². The predicted octanol–water partition coefficient (Wildman–Crippen LogP) is 2.54. The van der Waals surface area contributed by atoms with E-state index in [1.54, 1.807) is 0 Å². The summed E-state index contributed by atoms with van der Waals surface area (Å²) in [7, 11) is 0. The van der Waals surface area contributed by atoms with Gasteiger partial charge in [-0.05, 0) is 32.1 Å². The van der Waals surface area contributed by atoms with E-state index in [9.17, 15) is 4.79 Å². The van der Waals surface area contributed by atoms with E-state index in [0.717, 1.165) is 49.9 Å². The SMILES string of the molecule is CCCc1c(Cl)ncnc1NC1CCC(C(N)=O)CC1. The lowest BCUT2D eigenvalue weighted by molar-refractivity contribution is -0.122. The molecule has 110 valence electrons. The Morgan fingerprint density at radius 1 is 1.40 bits per heavy atom. The fourth-order valence-electron chi connectivity index (χ4n) is 2.70. The lowest BCUT2D eigenvalue weighted by atomic mass is 9.85. The van der Waals surface area contributed by atoms with Crippen molar-refractivity contribution in [3.8, 4) is 0 Å². The van der Waals surface area contributed by atoms with Crippen molar-refractivity contribution in [1.29, 1.82) is 0 Å². The number of carbonyl (C=O) groups is 1. The summed E-state index contributed by atoms with van der Waals surface area (Å²) in [5.74, 6) is 0.673. The summed E-state index contributed by atoms with van der Waals surface area (Å²) in [5.41, 5.74) is 6.33. The molecule has 0 radical (unpaired) electrons. The van der Waals surface area contributed by atoms with E-state index in [-0.39, 0.29) is 11.8 Å². The first kappa shape index (κ1) is 15.0. The molecule has 1 amide bonds. The fourth-order valence-corrected chi connectivity index (χ4v) is 2.93. The van der Waals surface area contributed by atoms with E-state index in [1.807, 2.05) is 0 Å². The monoisotopic (exact) mass is 296 g/mol. The van der Waals surface area contributed by atoms with Gasteiger partial charge in [0, 0.05) is 17.5 Å². The van der Waals surface area contributed by atoms with E-state index in [4.69, 9.17) is 17.3 Å². The molecule has 1 aromatic heterocycles. The van der Waals surface area contributed by atoms with Gasteiger partial charge >= 0.3 is 0 Å². The first-order valence-electron chi connectivity index (χ1n) is 7.17. The Hall–Kier alpha value is -1.36. The molecule has 6 heteroatoms. The van der Waals surface area contributed by atoms with Gasteiger partial charge in [0.2, 0.25) is 5.91 Å². The summed E-state index contributed by atoms with van der Waals surface area (Å²) in [6, 6.07) is 0.326. The summed E-state index contributed by atoms with van der Waals surface area (Å²) >= 11 is 6.14. The molecule has 0 aromatic carbocycles. The number of nitrogens with zero attached hydrogens (tertiary/aromatic N) is 2. The molecule has 5 nitrogen and oxygen atoms in total. The van der Waals surface area contributed by atoms with Crippen LogP contribution < -0.4 is 11.1 Å². The minimum atomic E-state index is -0.180. The number of carbonyl (C=O) groups excluding carboxylic acids is 1. The number of primary amides is 1. The summed E-state index contributed by atoms with van der Waals surface area (Å²) < 4.78 is 0. The minimum absolute atomic E-state index is 0.0251. The Labute approximate surface area is 124 Å². The van der Waals surface area contributed by atoms with Crippen LogP contribution in [0, 0.1) is 5.92 Å². The van der Waals surface area contributed by atoms with Gasteiger partial charge in [-0.15, -0.1) is 0 Å². The maximum absolute atomic E-state index is 11.2. The number of nitrogens with one attached hydrogen (secondary N) is 1. The zero-order chi connectivity index (χ0) is 14.5. The van der Waals surface area contributed by atoms with Crippen LogP contribution in [0.25, 0.3) is 0 Å². The van der Waals surface area contributed by atoms with Crippen molar-refractivity contribution in [3.63, 3.8) is 0 Å². The molecule has 1 aliphatic carbocycles. The lowest BCUT2D eigenvalue weighted by Gasteiger charge is -2.28. The number of halogens is 1. The van der Waals surface area contributed by atoms with Gasteiger partial charge < -0.3 is 11.1 Å². The van der Waals surface area contributed by atoms with E-state index in [0.29, 0.717) is 11.2 Å². The fraction of sp³-hybridized carbons (Fsp3) is 0.643. The second-order valence-corrected chi connectivity index (χ2v) is 5.69. The smallest absolute Gasteiger partial charge is 0.220 e. The zero-order valence-corrected chi connectivity index (χ0v) is 12.5. The van der Waals surface area contributed by atoms with Gasteiger partial charge in [0.25, 0.3) is 0 Å². The highest BCUT2D eigenvalue weighted by Crippen LogP contribution is 2.28. The molecule has 1 heterocycles. The van der Waals surface area contributed by atoms with Crippen LogP contribution in [0.3, 0.4) is 0 Å². The molecule has 1 aliphatic rings. The van der Waals surface area contributed by atoms with Crippen LogP contribution in [-0.2, 0) is 11.2 Å². The van der Waals surface area contributed by atoms with E-state index >= 15 is 0 Å². The third-order valence-corrected chi connectivity index (χ3v) is 4.19. The molecule has 20 heavy (non-hydrogen) atoms. The Morgan fingerprint density at radius 3 is 2.70 bits per heavy atom. The van der Waals surface area contributed by atoms with Gasteiger partial charge in [-0.25, -0.2) is 9.97 Å². The highest BCUT2D eigenvalue weighted by molar-refractivity contribution is 6.30. The first-order valence-corrected chi connectivity index (χ1v) is 7.54. The van der Waals surface area contributed by atoms with Crippen LogP contribution in [0.5, 0.6) is 0 Å². The highest BCUT2D eigenvalue weighted by Gasteiger charge is 2.25. The Balaban J connectivity index is 2.01. The molecule has 0 atom stereocenters. The second kappa shape index (κ2) is 6.88. The average Bonchev–Trinajstić information content (AvgIpc) is 2.43. The second-order valence-electron chi connectivity index (χ2n) is 5.34. The van der Waals surface area contributed by atoms with Gasteiger partial charge in [-0.1, -0.05) is 24.9 Å². The summed E-state index contributed by atoms with van der Waals surface area (Å²) in [4.78, 5) is 19.5. The Bertz CT molecular complexity index is 472. The van der Waals surface area contributed by atoms with Crippen LogP contribution in [0.4, 0.5) is 5.82 Å². The first-order chi connectivity index (χ1) is 9.61. The molecule has 3 N–H and O–H groups in total. The van der Waals surface area contributed by atoms with Crippen molar-refractivity contribution in [2.75, 3.05) is 5.32 Å². The summed E-state index contributed by atoms with van der Waals surface area (Å²) in [5, 5.41) is 3.97. The van der Waals surface area contributed by atoms with Crippen molar-refractivity contribution in [2.24, 2.45) is 11.7 Å². The molecule has 0 spiro atoms. The highest BCUT2D eigenvalue weighted by atomic mass is 35.5. The number of hydrogen-bond acceptors (Lipinski definition) is 4. The van der Waals surface area contributed by atoms with Crippen LogP contribution in [0.2, 0.25) is 5.15 Å². The van der Waals surface area contributed by atoms with E-state index in [2.05, 4.69) is 22.2 Å². The zero-order valence-electron chi connectivity index (χ0n) is 11.7. The van der Waals surface area contributed by atoms with E-state index in [1.165, 1.54) is 6.33 Å². The third-order valence-electron chi connectivity index (χ3n) is 3.86. The molecule has 0 bridgehead atoms. The topological polar surface area (TPSA) is 80.9 Å². The molecular weight excluding hydrogens is 276 g/mol. The van der Waals surface area contributed by atoms with Gasteiger partial charge in [0.05, 0.1) is 0 Å². The molecule has 0 aliphatic heterocycles. The third kappa shape index (κ3) is 3.60. The van der Waals surface area contributed by atoms with Crippen molar-refractivity contribution in [3.05, 3.63) is 17.0 Å². The van der Waals surface area contributed by atoms with E-state index < -0.39 is 0 Å². The van der Waals surface area contributed by atoms with Gasteiger partial charge in [0.1, 0.15) is 17.3 Å². The normalized spacial score (nSPS) is 22.5. The molecule has 1 aromatic rings. The maximum atomic E-state index is 11.2. The maximum Gasteiger partial charge on any atom is 0.220 e. The van der Waals surface area contributed by atoms with Crippen molar-refractivity contribution in [2.45, 2.75) is 51.5 Å². The summed E-state index contributed by atoms with van der Waals surface area (Å²) in [6.45, 7) is 2.10. The van der Waals surface area contributed by atoms with Gasteiger partial charge in [0.15, 0.2) is 0 Å². The standard InChI is InChI=1S/C14H21ClN4O/c1-2-3-11-12(15)17-8-18-14(11)19-10-6-4-9(5-7-10)13(16)20/h8-10H,2-7H2,1H3,(H2,16,20)(H,17,18,19). The quantitative estimate of drug-likeness (QED) is 0.818. The van der Waals surface area contributed by atoms with Crippen molar-refractivity contribution >= 4 is 23.3 Å². The average molecular weight is 297 g/mol. The molecule has 1 fully saturated rings. The number of nitrogens with two attached hydrogens (primary N) is 1. The molecule has 0 unspecified atom stereocenters. The Morgan fingerprint density at radius 2 is 2.10 bits per heavy atom. The lowest BCUT2D eigenvalue weighted by Crippen LogP contribution is -2.32. The molecular formula is C14H21ClN4O. The Kier molecular flexibility index (Phi) is 5.17. The number of hydrogen-bond donors (Lipinski definition) is 2. The number of anilines is 1. The molecule has 1 saturated carbocycles. The van der Waals surface area contributed by atoms with Gasteiger partial charge in [-0.2, -0.15) is 0 Å². The van der Waals surface area contributed by atoms with Gasteiger partial charge in [-0.3, -0.25) is 4.79 Å². The number of rotatable bonds is 5. The van der Waals surface area contributed by atoms with Crippen LogP contribution in [0.15, 0.2) is 6.33 Å². The molecule has 0 saturated heterocycles. The molecule has 2 rings (SSSR count). The number of amides is 1. The minimum Gasteiger partial charge on any atom is -0.369 e. The number of aromatic nitrogens is 2. The summed E-state index contributed by atoms with van der Waals surface area (Å²) in [6.07, 6.45) is 6.89. The largest absolute Gasteiger partial charge is 0.369 e. The van der Waals surface area contributed by atoms with Crippen LogP contribution >= 0.6 is 11.6 Å². The predicted molar refractivity (Wildman–Crippen MR) is 79.6 cm³/mol.